The van der Waals surface area contributed by atoms with Crippen molar-refractivity contribution in [2.24, 2.45) is 0 Å². The minimum Gasteiger partial charge on any atom is -0.341 e. The van der Waals surface area contributed by atoms with E-state index >= 15 is 0 Å². The molecular formula is C22H25FN4O3S2. The lowest BCUT2D eigenvalue weighted by Crippen LogP contribution is -2.37. The van der Waals surface area contributed by atoms with Crippen molar-refractivity contribution in [1.29, 1.82) is 0 Å². The Bertz CT molecular complexity index is 1240. The summed E-state index contributed by atoms with van der Waals surface area (Å²) in [5, 5.41) is 2.51. The molecule has 1 aliphatic heterocycles. The standard InChI is InChI=1S/C22H25FN4O3S2/c1-15-6-7-17(10-19(15)23)25-32(29,30)18-11-20(22-24-16(2)14-31-22)27(12-18)13-21(28)26-8-4-3-5-9-26/h6-7,10-12,14,25H,3-5,8-9,13H2,1-2H3. The quantitative estimate of drug-likeness (QED) is 0.578. The van der Waals surface area contributed by atoms with Crippen molar-refractivity contribution in [1.82, 2.24) is 14.5 Å². The van der Waals surface area contributed by atoms with Crippen LogP contribution in [0.15, 0.2) is 40.7 Å². The molecule has 1 N–H and O–H groups in total. The highest BCUT2D eigenvalue weighted by atomic mass is 32.2. The Morgan fingerprint density at radius 1 is 1.19 bits per heavy atom. The van der Waals surface area contributed by atoms with Gasteiger partial charge in [0, 0.05) is 30.4 Å². The molecule has 0 saturated carbocycles. The summed E-state index contributed by atoms with van der Waals surface area (Å²) in [5.74, 6) is -0.541. The number of likely N-dealkylation sites (tertiary alicyclic amines) is 1. The Morgan fingerprint density at radius 3 is 2.59 bits per heavy atom. The predicted octanol–water partition coefficient (Wildman–Crippen LogP) is 4.18. The summed E-state index contributed by atoms with van der Waals surface area (Å²) < 4.78 is 44.0. The Kier molecular flexibility index (Phi) is 6.34. The second-order valence-electron chi connectivity index (χ2n) is 7.99. The number of amides is 1. The van der Waals surface area contributed by atoms with E-state index in [4.69, 9.17) is 0 Å². The van der Waals surface area contributed by atoms with Crippen LogP contribution in [0, 0.1) is 19.7 Å². The molecule has 0 aliphatic carbocycles. The minimum atomic E-state index is -3.99. The molecule has 1 aromatic carbocycles. The molecule has 0 atom stereocenters. The van der Waals surface area contributed by atoms with Crippen molar-refractivity contribution in [3.8, 4) is 10.7 Å². The molecule has 3 heterocycles. The summed E-state index contributed by atoms with van der Waals surface area (Å²) in [5.41, 5.74) is 1.94. The number of thiazole rings is 1. The van der Waals surface area contributed by atoms with Crippen molar-refractivity contribution in [2.75, 3.05) is 17.8 Å². The van der Waals surface area contributed by atoms with Gasteiger partial charge in [0.15, 0.2) is 0 Å². The summed E-state index contributed by atoms with van der Waals surface area (Å²) in [4.78, 5) is 19.1. The number of rotatable bonds is 6. The number of piperidine rings is 1. The van der Waals surface area contributed by atoms with Gasteiger partial charge in [-0.3, -0.25) is 9.52 Å². The number of nitrogens with one attached hydrogen (secondary N) is 1. The normalized spacial score (nSPS) is 14.5. The molecule has 32 heavy (non-hydrogen) atoms. The molecule has 3 aromatic rings. The number of anilines is 1. The first kappa shape index (κ1) is 22.5. The first-order chi connectivity index (χ1) is 15.2. The number of hydrogen-bond donors (Lipinski definition) is 1. The van der Waals surface area contributed by atoms with Crippen molar-refractivity contribution in [3.63, 3.8) is 0 Å². The maximum atomic E-state index is 13.9. The van der Waals surface area contributed by atoms with E-state index in [0.717, 1.165) is 44.1 Å². The van der Waals surface area contributed by atoms with Gasteiger partial charge in [0.25, 0.3) is 10.0 Å². The van der Waals surface area contributed by atoms with Gasteiger partial charge >= 0.3 is 0 Å². The Balaban J connectivity index is 1.66. The zero-order valence-corrected chi connectivity index (χ0v) is 19.6. The number of nitrogens with zero attached hydrogens (tertiary/aromatic N) is 3. The van der Waals surface area contributed by atoms with Crippen LogP contribution in [0.3, 0.4) is 0 Å². The van der Waals surface area contributed by atoms with Gasteiger partial charge in [-0.05, 0) is 56.9 Å². The predicted molar refractivity (Wildman–Crippen MR) is 123 cm³/mol. The highest BCUT2D eigenvalue weighted by Crippen LogP contribution is 2.29. The lowest BCUT2D eigenvalue weighted by atomic mass is 10.1. The molecule has 0 spiro atoms. The van der Waals surface area contributed by atoms with Crippen LogP contribution in [0.25, 0.3) is 10.7 Å². The molecule has 1 fully saturated rings. The average Bonchev–Trinajstić information content (AvgIpc) is 3.38. The van der Waals surface area contributed by atoms with Crippen molar-refractivity contribution < 1.29 is 17.6 Å². The zero-order valence-electron chi connectivity index (χ0n) is 18.0. The molecule has 170 valence electrons. The van der Waals surface area contributed by atoms with E-state index in [0.29, 0.717) is 16.3 Å². The molecule has 1 saturated heterocycles. The fraction of sp³-hybridized carbons (Fsp3) is 0.364. The van der Waals surface area contributed by atoms with Gasteiger partial charge in [-0.15, -0.1) is 11.3 Å². The molecule has 4 rings (SSSR count). The number of benzene rings is 1. The fourth-order valence-electron chi connectivity index (χ4n) is 3.67. The van der Waals surface area contributed by atoms with E-state index in [1.807, 2.05) is 17.2 Å². The number of sulfonamides is 1. The second kappa shape index (κ2) is 9.03. The Hall–Kier alpha value is -2.72. The SMILES string of the molecule is Cc1csc(-c2cc(S(=O)(=O)Nc3ccc(C)c(F)c3)cn2CC(=O)N2CCCCC2)n1. The lowest BCUT2D eigenvalue weighted by Gasteiger charge is -2.27. The maximum Gasteiger partial charge on any atom is 0.263 e. The van der Waals surface area contributed by atoms with Crippen LogP contribution in [-0.2, 0) is 21.4 Å². The van der Waals surface area contributed by atoms with Gasteiger partial charge < -0.3 is 9.47 Å². The lowest BCUT2D eigenvalue weighted by molar-refractivity contribution is -0.132. The van der Waals surface area contributed by atoms with E-state index in [-0.39, 0.29) is 23.0 Å². The highest BCUT2D eigenvalue weighted by Gasteiger charge is 2.24. The molecule has 7 nitrogen and oxygen atoms in total. The van der Waals surface area contributed by atoms with E-state index in [9.17, 15) is 17.6 Å². The first-order valence-corrected chi connectivity index (χ1v) is 12.8. The van der Waals surface area contributed by atoms with E-state index in [1.165, 1.54) is 35.7 Å². The number of halogens is 1. The van der Waals surface area contributed by atoms with Crippen LogP contribution >= 0.6 is 11.3 Å². The van der Waals surface area contributed by atoms with Gasteiger partial charge in [-0.2, -0.15) is 0 Å². The Morgan fingerprint density at radius 2 is 1.94 bits per heavy atom. The van der Waals surface area contributed by atoms with Crippen LogP contribution < -0.4 is 4.72 Å². The summed E-state index contributed by atoms with van der Waals surface area (Å²) in [6.07, 6.45) is 4.52. The van der Waals surface area contributed by atoms with Gasteiger partial charge in [0.1, 0.15) is 22.3 Å². The molecule has 0 bridgehead atoms. The summed E-state index contributed by atoms with van der Waals surface area (Å²) >= 11 is 1.39. The summed E-state index contributed by atoms with van der Waals surface area (Å²) in [6, 6.07) is 5.68. The van der Waals surface area contributed by atoms with Crippen molar-refractivity contribution in [2.45, 2.75) is 44.6 Å². The topological polar surface area (TPSA) is 84.3 Å². The highest BCUT2D eigenvalue weighted by molar-refractivity contribution is 7.92. The number of carbonyl (C=O) groups is 1. The number of aromatic nitrogens is 2. The zero-order chi connectivity index (χ0) is 22.9. The van der Waals surface area contributed by atoms with Crippen LogP contribution in [-0.4, -0.2) is 41.9 Å². The number of aryl methyl sites for hydroxylation is 2. The van der Waals surface area contributed by atoms with Crippen LogP contribution in [0.2, 0.25) is 0 Å². The van der Waals surface area contributed by atoms with Gasteiger partial charge in [0.05, 0.1) is 11.4 Å². The third-order valence-electron chi connectivity index (χ3n) is 5.46. The van der Waals surface area contributed by atoms with Gasteiger partial charge in [-0.25, -0.2) is 17.8 Å². The monoisotopic (exact) mass is 476 g/mol. The van der Waals surface area contributed by atoms with E-state index in [2.05, 4.69) is 9.71 Å². The van der Waals surface area contributed by atoms with Crippen LogP contribution in [0.5, 0.6) is 0 Å². The fourth-order valence-corrected chi connectivity index (χ4v) is 5.59. The first-order valence-electron chi connectivity index (χ1n) is 10.4. The largest absolute Gasteiger partial charge is 0.341 e. The van der Waals surface area contributed by atoms with Crippen molar-refractivity contribution >= 4 is 33.0 Å². The molecule has 1 aliphatic rings. The Labute approximate surface area is 191 Å². The molecule has 0 unspecified atom stereocenters. The molecular weight excluding hydrogens is 451 g/mol. The molecule has 0 radical (unpaired) electrons. The van der Waals surface area contributed by atoms with E-state index < -0.39 is 15.8 Å². The number of carbonyl (C=O) groups excluding carboxylic acids is 1. The van der Waals surface area contributed by atoms with Gasteiger partial charge in [0.2, 0.25) is 5.91 Å². The van der Waals surface area contributed by atoms with Gasteiger partial charge in [-0.1, -0.05) is 6.07 Å². The average molecular weight is 477 g/mol. The third kappa shape index (κ3) is 4.86. The minimum absolute atomic E-state index is 0.00668. The summed E-state index contributed by atoms with van der Waals surface area (Å²) in [7, 11) is -3.99. The van der Waals surface area contributed by atoms with Crippen LogP contribution in [0.1, 0.15) is 30.5 Å². The number of hydrogen-bond acceptors (Lipinski definition) is 5. The maximum absolute atomic E-state index is 13.9. The van der Waals surface area contributed by atoms with Crippen LogP contribution in [0.4, 0.5) is 10.1 Å². The summed E-state index contributed by atoms with van der Waals surface area (Å²) in [6.45, 7) is 4.93. The third-order valence-corrected chi connectivity index (χ3v) is 7.79. The van der Waals surface area contributed by atoms with E-state index in [1.54, 1.807) is 11.5 Å². The van der Waals surface area contributed by atoms with Crippen molar-refractivity contribution in [3.05, 3.63) is 52.9 Å². The molecule has 2 aromatic heterocycles. The smallest absolute Gasteiger partial charge is 0.263 e. The second-order valence-corrected chi connectivity index (χ2v) is 10.5. The molecule has 10 heteroatoms. The molecule has 1 amide bonds.